The number of ether oxygens (including phenoxy) is 1. The minimum atomic E-state index is -0.292. The molecule has 5 aliphatic rings. The Morgan fingerprint density at radius 3 is 2.32 bits per heavy atom. The van der Waals surface area contributed by atoms with Crippen LogP contribution < -0.4 is 0 Å². The second-order valence-electron chi connectivity index (χ2n) is 8.39. The molecule has 22 heavy (non-hydrogen) atoms. The van der Waals surface area contributed by atoms with E-state index in [-0.39, 0.29) is 11.0 Å². The quantitative estimate of drug-likeness (QED) is 0.828. The van der Waals surface area contributed by atoms with Crippen molar-refractivity contribution < 1.29 is 4.74 Å². The summed E-state index contributed by atoms with van der Waals surface area (Å²) >= 11 is 0. The average molecular weight is 296 g/mol. The lowest BCUT2D eigenvalue weighted by Gasteiger charge is -2.56. The van der Waals surface area contributed by atoms with Gasteiger partial charge < -0.3 is 4.74 Å². The third kappa shape index (κ3) is 1.80. The van der Waals surface area contributed by atoms with Gasteiger partial charge in [0.2, 0.25) is 0 Å². The number of rotatable bonds is 2. The molecule has 0 aromatic carbocycles. The van der Waals surface area contributed by atoms with Crippen LogP contribution in [-0.2, 0) is 10.3 Å². The maximum absolute atomic E-state index is 6.22. The Hall–Kier alpha value is -1.38. The van der Waals surface area contributed by atoms with E-state index < -0.39 is 0 Å². The van der Waals surface area contributed by atoms with E-state index in [1.165, 1.54) is 38.5 Å². The zero-order valence-corrected chi connectivity index (χ0v) is 13.3. The van der Waals surface area contributed by atoms with E-state index in [1.54, 1.807) is 0 Å². The van der Waals surface area contributed by atoms with Crippen molar-refractivity contribution in [1.29, 1.82) is 0 Å². The maximum atomic E-state index is 6.22. The van der Waals surface area contributed by atoms with Crippen molar-refractivity contribution in [3.05, 3.63) is 30.1 Å². The van der Waals surface area contributed by atoms with Gasteiger partial charge in [0, 0.05) is 11.6 Å². The molecule has 1 aromatic rings. The molecule has 4 aliphatic carbocycles. The lowest BCUT2D eigenvalue weighted by molar-refractivity contribution is -0.0228. The molecule has 1 aliphatic heterocycles. The number of hydrogen-bond donors (Lipinski definition) is 0. The van der Waals surface area contributed by atoms with E-state index in [1.807, 2.05) is 18.3 Å². The predicted octanol–water partition coefficient (Wildman–Crippen LogP) is 3.94. The van der Waals surface area contributed by atoms with Gasteiger partial charge in [-0.05, 0) is 75.3 Å². The molecule has 0 amide bonds. The molecule has 1 aromatic heterocycles. The fourth-order valence-electron chi connectivity index (χ4n) is 5.95. The molecule has 0 spiro atoms. The Bertz CT molecular complexity index is 588. The summed E-state index contributed by atoms with van der Waals surface area (Å²) in [4.78, 5) is 9.64. The van der Waals surface area contributed by atoms with Crippen LogP contribution in [-0.4, -0.2) is 17.5 Å². The topological polar surface area (TPSA) is 34.5 Å². The van der Waals surface area contributed by atoms with Crippen molar-refractivity contribution in [2.75, 3.05) is 6.61 Å². The molecule has 0 unspecified atom stereocenters. The van der Waals surface area contributed by atoms with E-state index in [2.05, 4.69) is 18.0 Å². The van der Waals surface area contributed by atoms with Crippen molar-refractivity contribution >= 4 is 5.90 Å². The fourth-order valence-corrected chi connectivity index (χ4v) is 5.95. The Morgan fingerprint density at radius 2 is 1.73 bits per heavy atom. The Labute approximate surface area is 132 Å². The minimum Gasteiger partial charge on any atom is -0.478 e. The molecule has 116 valence electrons. The van der Waals surface area contributed by atoms with Crippen LogP contribution in [0.15, 0.2) is 29.4 Å². The molecule has 1 atom stereocenters. The van der Waals surface area contributed by atoms with Crippen molar-refractivity contribution in [2.24, 2.45) is 28.2 Å². The number of nitrogens with zero attached hydrogens (tertiary/aromatic N) is 2. The van der Waals surface area contributed by atoms with Crippen LogP contribution in [0.3, 0.4) is 0 Å². The van der Waals surface area contributed by atoms with Crippen LogP contribution in [0.4, 0.5) is 0 Å². The molecule has 0 radical (unpaired) electrons. The molecule has 3 heteroatoms. The van der Waals surface area contributed by atoms with E-state index in [0.29, 0.717) is 6.61 Å². The van der Waals surface area contributed by atoms with Crippen LogP contribution >= 0.6 is 0 Å². The first-order chi connectivity index (χ1) is 10.7. The lowest BCUT2D eigenvalue weighted by Crippen LogP contribution is -2.50. The minimum absolute atomic E-state index is 0.265. The molecule has 4 fully saturated rings. The highest BCUT2D eigenvalue weighted by Crippen LogP contribution is 2.61. The van der Waals surface area contributed by atoms with Crippen LogP contribution in [0, 0.1) is 23.2 Å². The molecule has 0 saturated heterocycles. The van der Waals surface area contributed by atoms with E-state index in [4.69, 9.17) is 9.73 Å². The van der Waals surface area contributed by atoms with Gasteiger partial charge in [-0.15, -0.1) is 0 Å². The van der Waals surface area contributed by atoms with Gasteiger partial charge in [-0.2, -0.15) is 0 Å². The standard InChI is InChI=1S/C19H24N2O/c1-18(16-4-2-3-5-20-16)12-22-17(21-18)19-9-13-6-14(10-19)8-15(7-13)11-19/h2-5,13-15H,6-12H2,1H3/t13?,14?,15?,18-,19?/m1/s1. The number of aromatic nitrogens is 1. The van der Waals surface area contributed by atoms with Gasteiger partial charge in [0.15, 0.2) is 5.90 Å². The molecular weight excluding hydrogens is 272 g/mol. The van der Waals surface area contributed by atoms with Gasteiger partial charge in [0.05, 0.1) is 5.69 Å². The first kappa shape index (κ1) is 13.1. The van der Waals surface area contributed by atoms with E-state index >= 15 is 0 Å². The second-order valence-corrected chi connectivity index (χ2v) is 8.39. The van der Waals surface area contributed by atoms with Gasteiger partial charge >= 0.3 is 0 Å². The van der Waals surface area contributed by atoms with Gasteiger partial charge in [-0.3, -0.25) is 4.98 Å². The SMILES string of the molecule is C[C@]1(c2ccccn2)COC(C23CC4CC(CC(C4)C2)C3)=N1. The summed E-state index contributed by atoms with van der Waals surface area (Å²) in [5, 5.41) is 0. The molecule has 4 saturated carbocycles. The third-order valence-electron chi connectivity index (χ3n) is 6.55. The zero-order valence-electron chi connectivity index (χ0n) is 13.3. The van der Waals surface area contributed by atoms with Crippen LogP contribution in [0.1, 0.15) is 51.1 Å². The number of aliphatic imine (C=N–C) groups is 1. The van der Waals surface area contributed by atoms with Crippen molar-refractivity contribution in [3.8, 4) is 0 Å². The van der Waals surface area contributed by atoms with Crippen molar-refractivity contribution in [2.45, 2.75) is 51.0 Å². The lowest BCUT2D eigenvalue weighted by atomic mass is 9.49. The van der Waals surface area contributed by atoms with Crippen molar-refractivity contribution in [1.82, 2.24) is 4.98 Å². The molecule has 4 bridgehead atoms. The van der Waals surface area contributed by atoms with Crippen LogP contribution in [0.25, 0.3) is 0 Å². The first-order valence-corrected chi connectivity index (χ1v) is 8.80. The highest BCUT2D eigenvalue weighted by molar-refractivity contribution is 5.85. The number of hydrogen-bond acceptors (Lipinski definition) is 3. The highest BCUT2D eigenvalue weighted by atomic mass is 16.5. The fraction of sp³-hybridized carbons (Fsp3) is 0.684. The summed E-state index contributed by atoms with van der Waals surface area (Å²) in [6, 6.07) is 6.09. The molecule has 3 nitrogen and oxygen atoms in total. The summed E-state index contributed by atoms with van der Waals surface area (Å²) in [5.41, 5.74) is 1.01. The summed E-state index contributed by atoms with van der Waals surface area (Å²) < 4.78 is 6.22. The first-order valence-electron chi connectivity index (χ1n) is 8.80. The summed E-state index contributed by atoms with van der Waals surface area (Å²) in [6.45, 7) is 2.82. The van der Waals surface area contributed by atoms with E-state index in [0.717, 1.165) is 29.3 Å². The summed E-state index contributed by atoms with van der Waals surface area (Å²) in [7, 11) is 0. The normalized spacial score (nSPS) is 45.7. The summed E-state index contributed by atoms with van der Waals surface area (Å²) in [5.74, 6) is 3.86. The highest BCUT2D eigenvalue weighted by Gasteiger charge is 2.56. The average Bonchev–Trinajstić information content (AvgIpc) is 2.92. The van der Waals surface area contributed by atoms with E-state index in [9.17, 15) is 0 Å². The van der Waals surface area contributed by atoms with Gasteiger partial charge in [0.1, 0.15) is 12.1 Å². The maximum Gasteiger partial charge on any atom is 0.190 e. The Morgan fingerprint density at radius 1 is 1.05 bits per heavy atom. The van der Waals surface area contributed by atoms with Crippen molar-refractivity contribution in [3.63, 3.8) is 0 Å². The van der Waals surface area contributed by atoms with Gasteiger partial charge in [-0.25, -0.2) is 4.99 Å². The van der Waals surface area contributed by atoms with Crippen LogP contribution in [0.5, 0.6) is 0 Å². The zero-order chi connectivity index (χ0) is 14.8. The number of pyridine rings is 1. The smallest absolute Gasteiger partial charge is 0.190 e. The molecule has 2 heterocycles. The molecule has 0 N–H and O–H groups in total. The summed E-state index contributed by atoms with van der Waals surface area (Å²) in [6.07, 6.45) is 10.2. The molecule has 6 rings (SSSR count). The monoisotopic (exact) mass is 296 g/mol. The van der Waals surface area contributed by atoms with Gasteiger partial charge in [-0.1, -0.05) is 6.07 Å². The van der Waals surface area contributed by atoms with Gasteiger partial charge in [0.25, 0.3) is 0 Å². The Kier molecular flexibility index (Phi) is 2.58. The van der Waals surface area contributed by atoms with Crippen LogP contribution in [0.2, 0.25) is 0 Å². The Balaban J connectivity index is 1.50. The second kappa shape index (κ2) is 4.33. The third-order valence-corrected chi connectivity index (χ3v) is 6.55. The largest absolute Gasteiger partial charge is 0.478 e. The molecular formula is C19H24N2O. The predicted molar refractivity (Wildman–Crippen MR) is 85.6 cm³/mol.